The van der Waals surface area contributed by atoms with Gasteiger partial charge in [-0.05, 0) is 25.5 Å². The summed E-state index contributed by atoms with van der Waals surface area (Å²) >= 11 is 0. The number of piperazine rings is 1. The molecule has 3 heterocycles. The second-order valence-electron chi connectivity index (χ2n) is 7.34. The lowest BCUT2D eigenvalue weighted by Gasteiger charge is -2.35. The lowest BCUT2D eigenvalue weighted by Crippen LogP contribution is -2.49. The van der Waals surface area contributed by atoms with E-state index < -0.39 is 0 Å². The fraction of sp³-hybridized carbons (Fsp3) is 0.381. The summed E-state index contributed by atoms with van der Waals surface area (Å²) in [5, 5.41) is 14.2. The van der Waals surface area contributed by atoms with Gasteiger partial charge in [-0.25, -0.2) is 15.0 Å². The van der Waals surface area contributed by atoms with Crippen LogP contribution in [0.4, 0.5) is 5.82 Å². The van der Waals surface area contributed by atoms with Crippen molar-refractivity contribution in [3.63, 3.8) is 0 Å². The van der Waals surface area contributed by atoms with Crippen molar-refractivity contribution in [3.05, 3.63) is 48.7 Å². The van der Waals surface area contributed by atoms with Gasteiger partial charge in [0.05, 0.1) is 5.56 Å². The fourth-order valence-electron chi connectivity index (χ4n) is 3.58. The topological polar surface area (TPSA) is 100 Å². The summed E-state index contributed by atoms with van der Waals surface area (Å²) in [6, 6.07) is 9.02. The Labute approximate surface area is 175 Å². The Bertz CT molecular complexity index is 998. The van der Waals surface area contributed by atoms with Gasteiger partial charge in [0, 0.05) is 50.9 Å². The fourth-order valence-corrected chi connectivity index (χ4v) is 3.58. The molecular weight excluding hydrogens is 382 g/mol. The zero-order chi connectivity index (χ0) is 20.9. The second-order valence-corrected chi connectivity index (χ2v) is 7.34. The van der Waals surface area contributed by atoms with E-state index in [1.807, 2.05) is 30.0 Å². The van der Waals surface area contributed by atoms with Crippen LogP contribution in [-0.2, 0) is 11.3 Å². The van der Waals surface area contributed by atoms with Crippen LogP contribution in [0, 0.1) is 6.92 Å². The molecule has 9 heteroatoms. The molecule has 0 unspecified atom stereocenters. The first-order valence-electron chi connectivity index (χ1n) is 10.1. The van der Waals surface area contributed by atoms with E-state index in [0.717, 1.165) is 17.9 Å². The molecule has 0 bridgehead atoms. The summed E-state index contributed by atoms with van der Waals surface area (Å²) in [5.41, 5.74) is 1.45. The number of hydrogen-bond donors (Lipinski definition) is 1. The zero-order valence-electron chi connectivity index (χ0n) is 17.0. The monoisotopic (exact) mass is 407 g/mol. The molecule has 1 aliphatic rings. The number of carbonyl (C=O) groups is 1. The van der Waals surface area contributed by atoms with E-state index >= 15 is 0 Å². The number of nitrogens with zero attached hydrogens (tertiary/aromatic N) is 7. The van der Waals surface area contributed by atoms with Gasteiger partial charge in [0.25, 0.3) is 0 Å². The number of phenolic OH excluding ortho intramolecular Hbond substituents is 1. The number of aromatic nitrogens is 5. The first kappa shape index (κ1) is 19.8. The first-order valence-corrected chi connectivity index (χ1v) is 10.1. The van der Waals surface area contributed by atoms with Crippen LogP contribution in [0.3, 0.4) is 0 Å². The van der Waals surface area contributed by atoms with Crippen LogP contribution in [-0.4, -0.2) is 66.8 Å². The summed E-state index contributed by atoms with van der Waals surface area (Å²) in [6.45, 7) is 5.37. The minimum atomic E-state index is 0.162. The molecule has 0 aliphatic carbocycles. The summed E-state index contributed by atoms with van der Waals surface area (Å²) in [4.78, 5) is 29.7. The zero-order valence-corrected chi connectivity index (χ0v) is 17.0. The predicted octanol–water partition coefficient (Wildman–Crippen LogP) is 1.88. The van der Waals surface area contributed by atoms with Crippen molar-refractivity contribution in [3.8, 4) is 17.1 Å². The lowest BCUT2D eigenvalue weighted by molar-refractivity contribution is -0.131. The number of rotatable bonds is 6. The van der Waals surface area contributed by atoms with Crippen LogP contribution in [0.25, 0.3) is 11.4 Å². The van der Waals surface area contributed by atoms with E-state index in [1.165, 1.54) is 6.33 Å². The highest BCUT2D eigenvalue weighted by Gasteiger charge is 2.22. The van der Waals surface area contributed by atoms with Crippen LogP contribution in [0.1, 0.15) is 18.5 Å². The van der Waals surface area contributed by atoms with Crippen LogP contribution in [0.2, 0.25) is 0 Å². The molecule has 1 N–H and O–H groups in total. The Morgan fingerprint density at radius 3 is 2.67 bits per heavy atom. The normalized spacial score (nSPS) is 14.2. The standard InChI is InChI=1S/C21H25N7O2/c1-16-13-19(25-21(24-16)17-5-2-3-6-18(17)29)26-9-11-27(12-10-26)20(30)7-4-8-28-15-22-14-23-28/h2-3,5-6,13-15,29H,4,7-12H2,1H3. The Morgan fingerprint density at radius 2 is 1.93 bits per heavy atom. The molecule has 1 aliphatic heterocycles. The molecule has 3 aromatic rings. The molecule has 2 aromatic heterocycles. The molecule has 4 rings (SSSR count). The van der Waals surface area contributed by atoms with Crippen molar-refractivity contribution in [2.24, 2.45) is 0 Å². The number of para-hydroxylation sites is 1. The van der Waals surface area contributed by atoms with E-state index in [1.54, 1.807) is 23.1 Å². The molecule has 0 radical (unpaired) electrons. The maximum atomic E-state index is 12.5. The number of phenols is 1. The van der Waals surface area contributed by atoms with E-state index in [9.17, 15) is 9.90 Å². The molecule has 1 saturated heterocycles. The minimum Gasteiger partial charge on any atom is -0.507 e. The van der Waals surface area contributed by atoms with Gasteiger partial charge >= 0.3 is 0 Å². The third-order valence-electron chi connectivity index (χ3n) is 5.19. The van der Waals surface area contributed by atoms with Gasteiger partial charge in [0.15, 0.2) is 5.82 Å². The number of carbonyl (C=O) groups excluding carboxylic acids is 1. The van der Waals surface area contributed by atoms with Gasteiger partial charge in [0.1, 0.15) is 24.2 Å². The largest absolute Gasteiger partial charge is 0.507 e. The van der Waals surface area contributed by atoms with Crippen molar-refractivity contribution >= 4 is 11.7 Å². The van der Waals surface area contributed by atoms with Crippen LogP contribution < -0.4 is 4.90 Å². The van der Waals surface area contributed by atoms with E-state index in [-0.39, 0.29) is 11.7 Å². The summed E-state index contributed by atoms with van der Waals surface area (Å²) in [7, 11) is 0. The summed E-state index contributed by atoms with van der Waals surface area (Å²) in [5.74, 6) is 1.66. The van der Waals surface area contributed by atoms with Gasteiger partial charge in [-0.15, -0.1) is 0 Å². The third kappa shape index (κ3) is 4.56. The molecule has 0 spiro atoms. The van der Waals surface area contributed by atoms with Gasteiger partial charge < -0.3 is 14.9 Å². The Balaban J connectivity index is 1.36. The van der Waals surface area contributed by atoms with Crippen molar-refractivity contribution in [1.82, 2.24) is 29.6 Å². The molecular formula is C21H25N7O2. The van der Waals surface area contributed by atoms with Crippen molar-refractivity contribution in [2.75, 3.05) is 31.1 Å². The number of hydrogen-bond acceptors (Lipinski definition) is 7. The number of anilines is 1. The number of aryl methyl sites for hydroxylation is 2. The number of aromatic hydroxyl groups is 1. The highest BCUT2D eigenvalue weighted by molar-refractivity contribution is 5.76. The van der Waals surface area contributed by atoms with Gasteiger partial charge in [-0.3, -0.25) is 9.48 Å². The predicted molar refractivity (Wildman–Crippen MR) is 112 cm³/mol. The molecule has 1 aromatic carbocycles. The molecule has 1 fully saturated rings. The average Bonchev–Trinajstić information content (AvgIpc) is 3.27. The van der Waals surface area contributed by atoms with E-state index in [4.69, 9.17) is 0 Å². The molecule has 30 heavy (non-hydrogen) atoms. The highest BCUT2D eigenvalue weighted by atomic mass is 16.3. The molecule has 0 atom stereocenters. The third-order valence-corrected chi connectivity index (χ3v) is 5.19. The summed E-state index contributed by atoms with van der Waals surface area (Å²) in [6.07, 6.45) is 4.41. The molecule has 156 valence electrons. The smallest absolute Gasteiger partial charge is 0.222 e. The second kappa shape index (κ2) is 8.89. The molecule has 9 nitrogen and oxygen atoms in total. The van der Waals surface area contributed by atoms with Crippen LogP contribution in [0.15, 0.2) is 43.0 Å². The van der Waals surface area contributed by atoms with Crippen LogP contribution >= 0.6 is 0 Å². The van der Waals surface area contributed by atoms with E-state index in [0.29, 0.717) is 50.5 Å². The maximum absolute atomic E-state index is 12.5. The van der Waals surface area contributed by atoms with Gasteiger partial charge in [-0.2, -0.15) is 5.10 Å². The van der Waals surface area contributed by atoms with Crippen molar-refractivity contribution in [1.29, 1.82) is 0 Å². The Morgan fingerprint density at radius 1 is 1.13 bits per heavy atom. The Kier molecular flexibility index (Phi) is 5.87. The van der Waals surface area contributed by atoms with Crippen molar-refractivity contribution in [2.45, 2.75) is 26.3 Å². The number of benzene rings is 1. The molecule has 0 saturated carbocycles. The van der Waals surface area contributed by atoms with Crippen LogP contribution in [0.5, 0.6) is 5.75 Å². The van der Waals surface area contributed by atoms with Gasteiger partial charge in [-0.1, -0.05) is 12.1 Å². The lowest BCUT2D eigenvalue weighted by atomic mass is 10.2. The summed E-state index contributed by atoms with van der Waals surface area (Å²) < 4.78 is 1.74. The minimum absolute atomic E-state index is 0.162. The molecule has 1 amide bonds. The quantitative estimate of drug-likeness (QED) is 0.666. The maximum Gasteiger partial charge on any atom is 0.222 e. The van der Waals surface area contributed by atoms with Gasteiger partial charge in [0.2, 0.25) is 5.91 Å². The SMILES string of the molecule is Cc1cc(N2CCN(C(=O)CCCn3cncn3)CC2)nc(-c2ccccc2O)n1. The Hall–Kier alpha value is -3.49. The van der Waals surface area contributed by atoms with E-state index in [2.05, 4.69) is 25.0 Å². The average molecular weight is 407 g/mol. The number of amides is 1. The highest BCUT2D eigenvalue weighted by Crippen LogP contribution is 2.28. The van der Waals surface area contributed by atoms with Crippen molar-refractivity contribution < 1.29 is 9.90 Å². The first-order chi connectivity index (χ1) is 14.6.